The van der Waals surface area contributed by atoms with E-state index in [2.05, 4.69) is 26.1 Å². The summed E-state index contributed by atoms with van der Waals surface area (Å²) in [7, 11) is 0. The van der Waals surface area contributed by atoms with Crippen LogP contribution >= 0.6 is 15.9 Å². The highest BCUT2D eigenvalue weighted by molar-refractivity contribution is 9.10. The number of carbonyl (C=O) groups excluding carboxylic acids is 1. The Labute approximate surface area is 101 Å². The van der Waals surface area contributed by atoms with Crippen LogP contribution in [0.1, 0.15) is 12.8 Å². The van der Waals surface area contributed by atoms with Crippen molar-refractivity contribution in [1.29, 1.82) is 0 Å². The summed E-state index contributed by atoms with van der Waals surface area (Å²) in [4.78, 5) is 15.0. The van der Waals surface area contributed by atoms with Gasteiger partial charge in [0, 0.05) is 10.0 Å². The van der Waals surface area contributed by atoms with Crippen LogP contribution < -0.4 is 0 Å². The first-order chi connectivity index (χ1) is 7.66. The molecule has 1 aromatic carbocycles. The van der Waals surface area contributed by atoms with Gasteiger partial charge in [0.05, 0.1) is 6.42 Å². The summed E-state index contributed by atoms with van der Waals surface area (Å²) in [6.45, 7) is 1.49. The predicted octanol–water partition coefficient (Wildman–Crippen LogP) is 2.63. The lowest BCUT2D eigenvalue weighted by Crippen LogP contribution is -1.96. The average molecular weight is 281 g/mol. The molecule has 2 rings (SSSR count). The number of rotatable bonds is 3. The Kier molecular flexibility index (Phi) is 3.14. The van der Waals surface area contributed by atoms with Crippen molar-refractivity contribution in [3.63, 3.8) is 0 Å². The minimum absolute atomic E-state index is 0.00215. The van der Waals surface area contributed by atoms with Crippen LogP contribution in [0.3, 0.4) is 0 Å². The Morgan fingerprint density at radius 3 is 2.88 bits per heavy atom. The van der Waals surface area contributed by atoms with E-state index in [0.29, 0.717) is 11.7 Å². The van der Waals surface area contributed by atoms with E-state index in [1.807, 2.05) is 24.3 Å². The largest absolute Gasteiger partial charge is 0.339 e. The predicted molar refractivity (Wildman–Crippen MR) is 61.8 cm³/mol. The second-order valence-corrected chi connectivity index (χ2v) is 4.22. The molecule has 4 nitrogen and oxygen atoms in total. The first-order valence-electron chi connectivity index (χ1n) is 4.74. The molecule has 0 bridgehead atoms. The maximum Gasteiger partial charge on any atom is 0.234 e. The Bertz CT molecular complexity index is 522. The second kappa shape index (κ2) is 4.57. The molecule has 82 valence electrons. The number of nitrogens with zero attached hydrogens (tertiary/aromatic N) is 2. The number of aromatic nitrogens is 2. The van der Waals surface area contributed by atoms with Gasteiger partial charge >= 0.3 is 0 Å². The molecule has 0 radical (unpaired) electrons. The number of benzene rings is 1. The van der Waals surface area contributed by atoms with Crippen LogP contribution in [-0.4, -0.2) is 15.9 Å². The highest BCUT2D eigenvalue weighted by Gasteiger charge is 2.11. The Morgan fingerprint density at radius 1 is 1.44 bits per heavy atom. The fraction of sp³-hybridized carbons (Fsp3) is 0.182. The Hall–Kier alpha value is -1.49. The van der Waals surface area contributed by atoms with Gasteiger partial charge in [-0.25, -0.2) is 0 Å². The molecule has 1 aromatic heterocycles. The molecule has 0 saturated heterocycles. The van der Waals surface area contributed by atoms with Crippen LogP contribution in [0.15, 0.2) is 33.3 Å². The van der Waals surface area contributed by atoms with Gasteiger partial charge in [-0.15, -0.1) is 0 Å². The maximum atomic E-state index is 10.9. The zero-order valence-electron chi connectivity index (χ0n) is 8.61. The van der Waals surface area contributed by atoms with Gasteiger partial charge in [-0.3, -0.25) is 4.79 Å². The van der Waals surface area contributed by atoms with Crippen molar-refractivity contribution in [3.05, 3.63) is 34.6 Å². The molecule has 0 aliphatic carbocycles. The first-order valence-corrected chi connectivity index (χ1v) is 5.53. The SMILES string of the molecule is CC(=O)Cc1nc(-c2ccccc2Br)no1. The second-order valence-electron chi connectivity index (χ2n) is 3.37. The van der Waals surface area contributed by atoms with E-state index >= 15 is 0 Å². The van der Waals surface area contributed by atoms with E-state index < -0.39 is 0 Å². The van der Waals surface area contributed by atoms with Crippen LogP contribution in [0, 0.1) is 0 Å². The van der Waals surface area contributed by atoms with Crippen molar-refractivity contribution in [2.45, 2.75) is 13.3 Å². The molecule has 16 heavy (non-hydrogen) atoms. The van der Waals surface area contributed by atoms with Crippen LogP contribution in [0.2, 0.25) is 0 Å². The van der Waals surface area contributed by atoms with Crippen molar-refractivity contribution < 1.29 is 9.32 Å². The van der Waals surface area contributed by atoms with Crippen molar-refractivity contribution >= 4 is 21.7 Å². The fourth-order valence-electron chi connectivity index (χ4n) is 1.29. The summed E-state index contributed by atoms with van der Waals surface area (Å²) in [6.07, 6.45) is 0.178. The molecule has 0 fully saturated rings. The molecule has 0 spiro atoms. The van der Waals surface area contributed by atoms with Crippen LogP contribution in [0.4, 0.5) is 0 Å². The van der Waals surface area contributed by atoms with Crippen LogP contribution in [0.5, 0.6) is 0 Å². The summed E-state index contributed by atoms with van der Waals surface area (Å²) in [5.74, 6) is 0.837. The van der Waals surface area contributed by atoms with Gasteiger partial charge in [0.2, 0.25) is 11.7 Å². The molecule has 0 unspecified atom stereocenters. The molecule has 1 heterocycles. The maximum absolute atomic E-state index is 10.9. The highest BCUT2D eigenvalue weighted by atomic mass is 79.9. The van der Waals surface area contributed by atoms with Gasteiger partial charge in [-0.2, -0.15) is 4.98 Å². The number of Topliss-reactive ketones (excluding diaryl/α,β-unsaturated/α-hetero) is 1. The molecule has 0 N–H and O–H groups in total. The molecule has 2 aromatic rings. The summed E-state index contributed by atoms with van der Waals surface area (Å²) in [5, 5.41) is 3.83. The van der Waals surface area contributed by atoms with E-state index in [1.165, 1.54) is 6.92 Å². The monoisotopic (exact) mass is 280 g/mol. The number of hydrogen-bond acceptors (Lipinski definition) is 4. The molecular formula is C11H9BrN2O2. The van der Waals surface area contributed by atoms with Crippen molar-refractivity contribution in [2.24, 2.45) is 0 Å². The zero-order chi connectivity index (χ0) is 11.5. The molecule has 0 saturated carbocycles. The minimum Gasteiger partial charge on any atom is -0.339 e. The molecular weight excluding hydrogens is 272 g/mol. The van der Waals surface area contributed by atoms with E-state index in [0.717, 1.165) is 10.0 Å². The Morgan fingerprint density at radius 2 is 2.19 bits per heavy atom. The highest BCUT2D eigenvalue weighted by Crippen LogP contribution is 2.25. The molecule has 5 heteroatoms. The fourth-order valence-corrected chi connectivity index (χ4v) is 1.75. The summed E-state index contributed by atoms with van der Waals surface area (Å²) in [5.41, 5.74) is 0.848. The summed E-state index contributed by atoms with van der Waals surface area (Å²) < 4.78 is 5.88. The standard InChI is InChI=1S/C11H9BrN2O2/c1-7(15)6-10-13-11(14-16-10)8-4-2-3-5-9(8)12/h2-5H,6H2,1H3. The topological polar surface area (TPSA) is 56.0 Å². The number of halogens is 1. The summed E-state index contributed by atoms with van der Waals surface area (Å²) >= 11 is 3.40. The van der Waals surface area contributed by atoms with E-state index in [9.17, 15) is 4.79 Å². The lowest BCUT2D eigenvalue weighted by molar-refractivity contribution is -0.116. The van der Waals surface area contributed by atoms with Gasteiger partial charge in [-0.1, -0.05) is 33.2 Å². The third kappa shape index (κ3) is 2.36. The normalized spacial score (nSPS) is 10.4. The minimum atomic E-state index is 0.00215. The first kappa shape index (κ1) is 11.0. The lowest BCUT2D eigenvalue weighted by Gasteiger charge is -1.96. The number of carbonyl (C=O) groups is 1. The zero-order valence-corrected chi connectivity index (χ0v) is 10.2. The quantitative estimate of drug-likeness (QED) is 0.867. The van der Waals surface area contributed by atoms with Gasteiger partial charge in [0.25, 0.3) is 0 Å². The molecule has 0 aliphatic heterocycles. The average Bonchev–Trinajstić information content (AvgIpc) is 2.66. The van der Waals surface area contributed by atoms with Crippen LogP contribution in [-0.2, 0) is 11.2 Å². The van der Waals surface area contributed by atoms with Crippen molar-refractivity contribution in [3.8, 4) is 11.4 Å². The summed E-state index contributed by atoms with van der Waals surface area (Å²) in [6, 6.07) is 7.58. The Balaban J connectivity index is 2.32. The van der Waals surface area contributed by atoms with Gasteiger partial charge in [0.1, 0.15) is 5.78 Å². The number of hydrogen-bond donors (Lipinski definition) is 0. The van der Waals surface area contributed by atoms with E-state index in [4.69, 9.17) is 4.52 Å². The molecule has 0 amide bonds. The molecule has 0 aliphatic rings. The van der Waals surface area contributed by atoms with Crippen molar-refractivity contribution in [1.82, 2.24) is 10.1 Å². The lowest BCUT2D eigenvalue weighted by atomic mass is 10.2. The van der Waals surface area contributed by atoms with Crippen molar-refractivity contribution in [2.75, 3.05) is 0 Å². The third-order valence-electron chi connectivity index (χ3n) is 1.98. The van der Waals surface area contributed by atoms with E-state index in [-0.39, 0.29) is 12.2 Å². The van der Waals surface area contributed by atoms with Gasteiger partial charge in [0.15, 0.2) is 0 Å². The van der Waals surface area contributed by atoms with Gasteiger partial charge < -0.3 is 4.52 Å². The van der Waals surface area contributed by atoms with Gasteiger partial charge in [-0.05, 0) is 19.1 Å². The smallest absolute Gasteiger partial charge is 0.234 e. The third-order valence-corrected chi connectivity index (χ3v) is 2.67. The number of ketones is 1. The molecule has 0 atom stereocenters. The van der Waals surface area contributed by atoms with Crippen LogP contribution in [0.25, 0.3) is 11.4 Å². The van der Waals surface area contributed by atoms with E-state index in [1.54, 1.807) is 0 Å².